The van der Waals surface area contributed by atoms with Crippen molar-refractivity contribution in [1.29, 1.82) is 0 Å². The van der Waals surface area contributed by atoms with Gasteiger partial charge >= 0.3 is 6.61 Å². The molecule has 1 N–H and O–H groups in total. The number of halogens is 2. The summed E-state index contributed by atoms with van der Waals surface area (Å²) >= 11 is 0. The fourth-order valence-electron chi connectivity index (χ4n) is 2.54. The van der Waals surface area contributed by atoms with Gasteiger partial charge in [-0.25, -0.2) is 0 Å². The van der Waals surface area contributed by atoms with Gasteiger partial charge in [0.05, 0.1) is 5.69 Å². The quantitative estimate of drug-likeness (QED) is 0.730. The lowest BCUT2D eigenvalue weighted by molar-refractivity contribution is -0.116. The van der Waals surface area contributed by atoms with Crippen molar-refractivity contribution in [2.24, 2.45) is 5.92 Å². The molecule has 2 aromatic rings. The van der Waals surface area contributed by atoms with Crippen LogP contribution in [0.1, 0.15) is 23.9 Å². The van der Waals surface area contributed by atoms with Gasteiger partial charge < -0.3 is 10.1 Å². The van der Waals surface area contributed by atoms with E-state index in [4.69, 9.17) is 0 Å². The molecule has 0 aliphatic rings. The molecule has 1 atom stereocenters. The number of rotatable bonds is 8. The Morgan fingerprint density at radius 2 is 2.08 bits per heavy atom. The second-order valence-corrected chi connectivity index (χ2v) is 6.21. The number of alkyl halides is 2. The van der Waals surface area contributed by atoms with Gasteiger partial charge in [0.15, 0.2) is 0 Å². The van der Waals surface area contributed by atoms with Crippen molar-refractivity contribution in [2.45, 2.75) is 33.9 Å². The predicted molar refractivity (Wildman–Crippen MR) is 96.0 cm³/mol. The smallest absolute Gasteiger partial charge is 0.387 e. The Balaban J connectivity index is 1.86. The van der Waals surface area contributed by atoms with Gasteiger partial charge in [0.1, 0.15) is 5.75 Å². The molecule has 1 aromatic heterocycles. The van der Waals surface area contributed by atoms with Gasteiger partial charge in [0, 0.05) is 30.4 Å². The molecular weight excluding hydrogens is 340 g/mol. The Labute approximate surface area is 151 Å². The molecule has 0 radical (unpaired) electrons. The summed E-state index contributed by atoms with van der Waals surface area (Å²) in [4.78, 5) is 12.0. The van der Waals surface area contributed by atoms with Crippen molar-refractivity contribution < 1.29 is 18.3 Å². The third-order valence-electron chi connectivity index (χ3n) is 3.76. The average Bonchev–Trinajstić information content (AvgIpc) is 2.89. The van der Waals surface area contributed by atoms with Crippen LogP contribution in [-0.2, 0) is 11.3 Å². The first-order valence-electron chi connectivity index (χ1n) is 8.36. The molecule has 2 rings (SSSR count). The molecule has 140 valence electrons. The van der Waals surface area contributed by atoms with Crippen LogP contribution in [-0.4, -0.2) is 28.8 Å². The maximum absolute atomic E-state index is 12.4. The van der Waals surface area contributed by atoms with E-state index in [0.717, 1.165) is 11.4 Å². The van der Waals surface area contributed by atoms with Gasteiger partial charge in [-0.2, -0.15) is 13.9 Å². The molecule has 26 heavy (non-hydrogen) atoms. The van der Waals surface area contributed by atoms with Crippen LogP contribution in [0.2, 0.25) is 0 Å². The van der Waals surface area contributed by atoms with Gasteiger partial charge in [-0.1, -0.05) is 25.1 Å². The van der Waals surface area contributed by atoms with Crippen molar-refractivity contribution in [3.05, 3.63) is 53.4 Å². The summed E-state index contributed by atoms with van der Waals surface area (Å²) in [6.45, 7) is 4.23. The van der Waals surface area contributed by atoms with Gasteiger partial charge in [0.25, 0.3) is 0 Å². The fourth-order valence-corrected chi connectivity index (χ4v) is 2.54. The van der Waals surface area contributed by atoms with Crippen molar-refractivity contribution in [2.75, 3.05) is 6.54 Å². The molecule has 0 saturated heterocycles. The standard InChI is InChI=1S/C19H23F2N3O2/c1-13(12-24-15(3)10-14(2)23-24)11-22-18(25)9-8-16-6-4-5-7-17(16)26-19(20)21/h4-10,13,19H,11-12H2,1-3H3,(H,22,25)/b9-8+. The molecule has 7 heteroatoms. The molecule has 5 nitrogen and oxygen atoms in total. The minimum absolute atomic E-state index is 0.0319. The molecule has 0 saturated carbocycles. The van der Waals surface area contributed by atoms with Gasteiger partial charge in [-0.05, 0) is 38.0 Å². The topological polar surface area (TPSA) is 56.2 Å². The van der Waals surface area contributed by atoms with E-state index in [1.54, 1.807) is 18.2 Å². The first-order chi connectivity index (χ1) is 12.3. The molecular formula is C19H23F2N3O2. The average molecular weight is 363 g/mol. The summed E-state index contributed by atoms with van der Waals surface area (Å²) in [7, 11) is 0. The molecule has 1 amide bonds. The Kier molecular flexibility index (Phi) is 6.89. The number of carbonyl (C=O) groups is 1. The van der Waals surface area contributed by atoms with Crippen LogP contribution in [0.4, 0.5) is 8.78 Å². The van der Waals surface area contributed by atoms with Crippen LogP contribution in [0, 0.1) is 19.8 Å². The van der Waals surface area contributed by atoms with Crippen molar-refractivity contribution in [3.63, 3.8) is 0 Å². The van der Waals surface area contributed by atoms with Crippen LogP contribution < -0.4 is 10.1 Å². The molecule has 1 heterocycles. The maximum atomic E-state index is 12.4. The molecule has 0 aliphatic carbocycles. The number of aryl methyl sites for hydroxylation is 2. The lowest BCUT2D eigenvalue weighted by atomic mass is 10.1. The van der Waals surface area contributed by atoms with E-state index in [9.17, 15) is 13.6 Å². The Morgan fingerprint density at radius 1 is 1.35 bits per heavy atom. The zero-order valence-electron chi connectivity index (χ0n) is 15.1. The number of hydrogen-bond acceptors (Lipinski definition) is 3. The van der Waals surface area contributed by atoms with E-state index in [1.165, 1.54) is 18.2 Å². The van der Waals surface area contributed by atoms with Crippen molar-refractivity contribution in [3.8, 4) is 5.75 Å². The third-order valence-corrected chi connectivity index (χ3v) is 3.76. The highest BCUT2D eigenvalue weighted by Crippen LogP contribution is 2.21. The number of nitrogens with one attached hydrogen (secondary N) is 1. The molecule has 1 unspecified atom stereocenters. The second-order valence-electron chi connectivity index (χ2n) is 6.21. The largest absolute Gasteiger partial charge is 0.434 e. The summed E-state index contributed by atoms with van der Waals surface area (Å²) in [5, 5.41) is 7.21. The zero-order chi connectivity index (χ0) is 19.1. The van der Waals surface area contributed by atoms with E-state index in [0.29, 0.717) is 18.7 Å². The van der Waals surface area contributed by atoms with Crippen molar-refractivity contribution in [1.82, 2.24) is 15.1 Å². The number of amides is 1. The first kappa shape index (κ1) is 19.6. The summed E-state index contributed by atoms with van der Waals surface area (Å²) in [6, 6.07) is 8.32. The van der Waals surface area contributed by atoms with Crippen LogP contribution in [0.5, 0.6) is 5.75 Å². The van der Waals surface area contributed by atoms with E-state index in [-0.39, 0.29) is 17.6 Å². The number of hydrogen-bond donors (Lipinski definition) is 1. The molecule has 0 bridgehead atoms. The van der Waals surface area contributed by atoms with E-state index >= 15 is 0 Å². The minimum Gasteiger partial charge on any atom is -0.434 e. The predicted octanol–water partition coefficient (Wildman–Crippen LogP) is 3.57. The third kappa shape index (κ3) is 5.98. The summed E-state index contributed by atoms with van der Waals surface area (Å²) < 4.78 is 31.1. The van der Waals surface area contributed by atoms with E-state index < -0.39 is 6.61 Å². The first-order valence-corrected chi connectivity index (χ1v) is 8.36. The van der Waals surface area contributed by atoms with Crippen LogP contribution in [0.3, 0.4) is 0 Å². The van der Waals surface area contributed by atoms with Crippen molar-refractivity contribution >= 4 is 12.0 Å². The lowest BCUT2D eigenvalue weighted by Gasteiger charge is -2.13. The van der Waals surface area contributed by atoms with Crippen LogP contribution in [0.15, 0.2) is 36.4 Å². The number of aromatic nitrogens is 2. The van der Waals surface area contributed by atoms with Gasteiger partial charge in [-0.15, -0.1) is 0 Å². The highest BCUT2D eigenvalue weighted by atomic mass is 19.3. The number of ether oxygens (including phenoxy) is 1. The number of benzene rings is 1. The fraction of sp³-hybridized carbons (Fsp3) is 0.368. The number of para-hydroxylation sites is 1. The summed E-state index contributed by atoms with van der Waals surface area (Å²) in [5.41, 5.74) is 2.46. The number of carbonyl (C=O) groups excluding carboxylic acids is 1. The Bertz CT molecular complexity index is 772. The maximum Gasteiger partial charge on any atom is 0.387 e. The Hall–Kier alpha value is -2.70. The molecule has 1 aromatic carbocycles. The van der Waals surface area contributed by atoms with E-state index in [2.05, 4.69) is 15.2 Å². The minimum atomic E-state index is -2.91. The monoisotopic (exact) mass is 363 g/mol. The molecule has 0 aliphatic heterocycles. The van der Waals surface area contributed by atoms with Gasteiger partial charge in [-0.3, -0.25) is 9.48 Å². The zero-order valence-corrected chi connectivity index (χ0v) is 15.1. The highest BCUT2D eigenvalue weighted by Gasteiger charge is 2.09. The van der Waals surface area contributed by atoms with Crippen LogP contribution in [0.25, 0.3) is 6.08 Å². The molecule has 0 fully saturated rings. The van der Waals surface area contributed by atoms with Gasteiger partial charge in [0.2, 0.25) is 5.91 Å². The molecule has 0 spiro atoms. The normalized spacial score (nSPS) is 12.5. The SMILES string of the molecule is Cc1cc(C)n(CC(C)CNC(=O)/C=C/c2ccccc2OC(F)F)n1. The van der Waals surface area contributed by atoms with Crippen LogP contribution >= 0.6 is 0 Å². The second kappa shape index (κ2) is 9.12. The highest BCUT2D eigenvalue weighted by molar-refractivity contribution is 5.92. The number of nitrogens with zero attached hydrogens (tertiary/aromatic N) is 2. The summed E-state index contributed by atoms with van der Waals surface area (Å²) in [6.07, 6.45) is 2.77. The van der Waals surface area contributed by atoms with E-state index in [1.807, 2.05) is 31.5 Å². The summed E-state index contributed by atoms with van der Waals surface area (Å²) in [5.74, 6) is -0.0682. The lowest BCUT2D eigenvalue weighted by Crippen LogP contribution is -2.29. The Morgan fingerprint density at radius 3 is 2.73 bits per heavy atom.